The third kappa shape index (κ3) is 5.74. The summed E-state index contributed by atoms with van der Waals surface area (Å²) < 4.78 is 22.8. The van der Waals surface area contributed by atoms with Crippen molar-refractivity contribution in [1.29, 1.82) is 0 Å². The molecule has 0 aliphatic carbocycles. The van der Waals surface area contributed by atoms with Gasteiger partial charge in [0.05, 0.1) is 6.10 Å². The molecule has 0 aromatic heterocycles. The minimum Gasteiger partial charge on any atom is -0.508 e. The molecule has 5 rings (SSSR count). The number of esters is 1. The van der Waals surface area contributed by atoms with Gasteiger partial charge in [-0.1, -0.05) is 36.4 Å². The molecule has 0 spiro atoms. The first kappa shape index (κ1) is 28.9. The van der Waals surface area contributed by atoms with Gasteiger partial charge in [-0.3, -0.25) is 4.79 Å². The van der Waals surface area contributed by atoms with Crippen LogP contribution in [0.3, 0.4) is 0 Å². The third-order valence-electron chi connectivity index (χ3n) is 6.95. The number of rotatable bonds is 6. The van der Waals surface area contributed by atoms with Gasteiger partial charge in [-0.15, -0.1) is 0 Å². The van der Waals surface area contributed by atoms with Gasteiger partial charge in [0.15, 0.2) is 36.1 Å². The largest absolute Gasteiger partial charge is 0.508 e. The molecule has 42 heavy (non-hydrogen) atoms. The Balaban J connectivity index is 1.42. The molecule has 0 bridgehead atoms. The number of benzene rings is 3. The zero-order chi connectivity index (χ0) is 30.1. The monoisotopic (exact) mass is 580 g/mol. The molecule has 3 aromatic carbocycles. The van der Waals surface area contributed by atoms with Crippen molar-refractivity contribution in [1.82, 2.24) is 0 Å². The zero-order valence-electron chi connectivity index (χ0n) is 22.1. The molecule has 0 amide bonds. The van der Waals surface area contributed by atoms with Crippen LogP contribution in [0.15, 0.2) is 66.7 Å². The number of carbonyl (C=O) groups excluding carboxylic acids is 2. The summed E-state index contributed by atoms with van der Waals surface area (Å²) in [5.74, 6) is -3.79. The maximum Gasteiger partial charge on any atom is 0.331 e. The summed E-state index contributed by atoms with van der Waals surface area (Å²) in [6.07, 6.45) is -7.72. The first-order chi connectivity index (χ1) is 20.0. The minimum atomic E-state index is -1.78. The van der Waals surface area contributed by atoms with E-state index in [9.17, 15) is 40.2 Å². The Morgan fingerprint density at radius 2 is 1.64 bits per heavy atom. The Hall–Kier alpha value is -4.62. The van der Waals surface area contributed by atoms with Crippen LogP contribution in [-0.4, -0.2) is 79.2 Å². The van der Waals surface area contributed by atoms with E-state index in [2.05, 4.69) is 0 Å². The topological polar surface area (TPSA) is 192 Å². The standard InChI is InChI=1S/C30H28O12/c1-14-24(36)28(41-22(35)10-7-15-5-3-2-4-6-15)26(38)30(39-14)42-29-25(37)23-20(34)12-17(31)13-21(23)40-27(29)16-8-9-18(32)19(33)11-16/h2-14,24,26-34,36,38H,1H3/b10-7+/t14-,24+,26-,27+,28+,29-,30-/m0/s1. The molecule has 2 aliphatic rings. The minimum absolute atomic E-state index is 0.157. The summed E-state index contributed by atoms with van der Waals surface area (Å²) in [7, 11) is 0. The van der Waals surface area contributed by atoms with E-state index >= 15 is 0 Å². The fraction of sp³-hybridized carbons (Fsp3) is 0.267. The Labute approximate surface area is 239 Å². The molecule has 12 nitrogen and oxygen atoms in total. The van der Waals surface area contributed by atoms with Crippen molar-refractivity contribution in [3.63, 3.8) is 0 Å². The number of ketones is 1. The lowest BCUT2D eigenvalue weighted by Crippen LogP contribution is -2.60. The highest BCUT2D eigenvalue weighted by molar-refractivity contribution is 6.05. The molecule has 1 fully saturated rings. The lowest BCUT2D eigenvalue weighted by atomic mass is 9.92. The molecular formula is C30H28O12. The summed E-state index contributed by atoms with van der Waals surface area (Å²) in [6, 6.07) is 14.6. The van der Waals surface area contributed by atoms with Crippen LogP contribution in [-0.2, 0) is 19.0 Å². The molecule has 0 saturated carbocycles. The van der Waals surface area contributed by atoms with Gasteiger partial charge in [-0.2, -0.15) is 0 Å². The fourth-order valence-corrected chi connectivity index (χ4v) is 4.79. The van der Waals surface area contributed by atoms with Gasteiger partial charge in [-0.25, -0.2) is 4.79 Å². The number of aliphatic hydroxyl groups is 2. The quantitative estimate of drug-likeness (QED) is 0.142. The van der Waals surface area contributed by atoms with Crippen LogP contribution in [0.5, 0.6) is 28.7 Å². The number of hydrogen-bond acceptors (Lipinski definition) is 12. The molecule has 220 valence electrons. The van der Waals surface area contributed by atoms with Gasteiger partial charge in [0.2, 0.25) is 5.78 Å². The van der Waals surface area contributed by atoms with E-state index in [1.54, 1.807) is 24.3 Å². The molecule has 3 aromatic rings. The van der Waals surface area contributed by atoms with Crippen molar-refractivity contribution in [2.45, 2.75) is 49.8 Å². The molecular weight excluding hydrogens is 552 g/mol. The van der Waals surface area contributed by atoms with E-state index in [0.717, 1.165) is 35.9 Å². The van der Waals surface area contributed by atoms with Crippen molar-refractivity contribution < 1.29 is 59.2 Å². The highest BCUT2D eigenvalue weighted by atomic mass is 16.7. The van der Waals surface area contributed by atoms with Crippen LogP contribution in [0, 0.1) is 0 Å². The summed E-state index contributed by atoms with van der Waals surface area (Å²) >= 11 is 0. The molecule has 6 N–H and O–H groups in total. The maximum absolute atomic E-state index is 13.7. The molecule has 2 heterocycles. The number of carbonyl (C=O) groups is 2. The average molecular weight is 581 g/mol. The molecule has 0 unspecified atom stereocenters. The van der Waals surface area contributed by atoms with E-state index < -0.39 is 71.9 Å². The van der Waals surface area contributed by atoms with E-state index in [1.807, 2.05) is 6.07 Å². The predicted octanol–water partition coefficient (Wildman–Crippen LogP) is 2.30. The van der Waals surface area contributed by atoms with Crippen molar-refractivity contribution in [3.05, 3.63) is 83.4 Å². The van der Waals surface area contributed by atoms with Crippen molar-refractivity contribution >= 4 is 17.8 Å². The van der Waals surface area contributed by atoms with Gasteiger partial charge in [0.25, 0.3) is 0 Å². The van der Waals surface area contributed by atoms with Gasteiger partial charge >= 0.3 is 5.97 Å². The number of phenols is 4. The van der Waals surface area contributed by atoms with Crippen molar-refractivity contribution in [3.8, 4) is 28.7 Å². The second-order valence-electron chi connectivity index (χ2n) is 9.88. The van der Waals surface area contributed by atoms with E-state index in [0.29, 0.717) is 0 Å². The Morgan fingerprint density at radius 3 is 2.36 bits per heavy atom. The van der Waals surface area contributed by atoms with E-state index in [4.69, 9.17) is 18.9 Å². The first-order valence-corrected chi connectivity index (χ1v) is 12.9. The Kier molecular flexibility index (Phi) is 8.05. The van der Waals surface area contributed by atoms with E-state index in [1.165, 1.54) is 19.1 Å². The van der Waals surface area contributed by atoms with Gasteiger partial charge < -0.3 is 49.6 Å². The Morgan fingerprint density at radius 1 is 0.905 bits per heavy atom. The number of aliphatic hydroxyl groups excluding tert-OH is 2. The van der Waals surface area contributed by atoms with Crippen LogP contribution in [0.2, 0.25) is 0 Å². The summed E-state index contributed by atoms with van der Waals surface area (Å²) in [4.78, 5) is 26.2. The molecule has 1 saturated heterocycles. The highest BCUT2D eigenvalue weighted by Gasteiger charge is 2.50. The number of ether oxygens (including phenoxy) is 4. The Bertz CT molecular complexity index is 1500. The number of Topliss-reactive ketones (excluding diaryl/α,β-unsaturated/α-hetero) is 1. The molecule has 7 atom stereocenters. The smallest absolute Gasteiger partial charge is 0.331 e. The van der Waals surface area contributed by atoms with Crippen LogP contribution >= 0.6 is 0 Å². The van der Waals surface area contributed by atoms with Crippen LogP contribution in [0.4, 0.5) is 0 Å². The maximum atomic E-state index is 13.7. The highest BCUT2D eigenvalue weighted by Crippen LogP contribution is 2.44. The summed E-state index contributed by atoms with van der Waals surface area (Å²) in [5.41, 5.74) is 0.560. The molecule has 12 heteroatoms. The van der Waals surface area contributed by atoms with Gasteiger partial charge in [0, 0.05) is 18.2 Å². The summed E-state index contributed by atoms with van der Waals surface area (Å²) in [6.45, 7) is 1.45. The van der Waals surface area contributed by atoms with Crippen molar-refractivity contribution in [2.75, 3.05) is 0 Å². The number of phenolic OH excluding ortho intramolecular Hbond substituents is 4. The lowest BCUT2D eigenvalue weighted by Gasteiger charge is -2.43. The first-order valence-electron chi connectivity index (χ1n) is 12.9. The van der Waals surface area contributed by atoms with Gasteiger partial charge in [0.1, 0.15) is 35.0 Å². The lowest BCUT2D eigenvalue weighted by molar-refractivity contribution is -0.306. The summed E-state index contributed by atoms with van der Waals surface area (Å²) in [5, 5.41) is 61.9. The third-order valence-corrected chi connectivity index (χ3v) is 6.95. The molecule has 2 aliphatic heterocycles. The number of fused-ring (bicyclic) bond motifs is 1. The van der Waals surface area contributed by atoms with Crippen LogP contribution in [0.25, 0.3) is 6.08 Å². The van der Waals surface area contributed by atoms with Gasteiger partial charge in [-0.05, 0) is 36.3 Å². The second kappa shape index (κ2) is 11.7. The SMILES string of the molecule is C[C@@H]1O[C@@H](O[C@H]2C(=O)c3c(O)cc(O)cc3O[C@@H]2c2ccc(O)c(O)c2)[C@@H](O)[C@H](OC(=O)/C=C/c2ccccc2)[C@@H]1O. The number of aromatic hydroxyl groups is 4. The second-order valence-corrected chi connectivity index (χ2v) is 9.88. The van der Waals surface area contributed by atoms with Crippen LogP contribution in [0.1, 0.15) is 34.5 Å². The normalized spacial score (nSPS) is 27.3. The molecule has 0 radical (unpaired) electrons. The van der Waals surface area contributed by atoms with Crippen molar-refractivity contribution in [2.24, 2.45) is 0 Å². The average Bonchev–Trinajstić information content (AvgIpc) is 2.95. The predicted molar refractivity (Wildman–Crippen MR) is 144 cm³/mol. The zero-order valence-corrected chi connectivity index (χ0v) is 22.1. The fourth-order valence-electron chi connectivity index (χ4n) is 4.79. The van der Waals surface area contributed by atoms with E-state index in [-0.39, 0.29) is 22.6 Å². The number of hydrogen-bond donors (Lipinski definition) is 6. The van der Waals surface area contributed by atoms with Crippen LogP contribution < -0.4 is 4.74 Å².